The monoisotopic (exact) mass is 304 g/mol. The molecule has 0 saturated carbocycles. The molecular weight excluding hydrogens is 298 g/mol. The van der Waals surface area contributed by atoms with Crippen molar-refractivity contribution in [1.29, 1.82) is 0 Å². The Balaban J connectivity index is 2.51. The Labute approximate surface area is 117 Å². The molecule has 0 amide bonds. The largest absolute Gasteiger partial charge is 0.496 e. The van der Waals surface area contributed by atoms with E-state index in [0.29, 0.717) is 10.1 Å². The second kappa shape index (κ2) is 5.26. The Morgan fingerprint density at radius 2 is 2.00 bits per heavy atom. The highest BCUT2D eigenvalue weighted by atomic mass is 35.5. The molecule has 0 aliphatic heterocycles. The molecule has 0 saturated heterocycles. The van der Waals surface area contributed by atoms with Gasteiger partial charge in [-0.3, -0.25) is 4.79 Å². The Kier molecular flexibility index (Phi) is 3.90. The third kappa shape index (κ3) is 2.51. The summed E-state index contributed by atoms with van der Waals surface area (Å²) >= 11 is 12.8. The zero-order valence-electron chi connectivity index (χ0n) is 9.17. The van der Waals surface area contributed by atoms with E-state index in [9.17, 15) is 9.18 Å². The Bertz CT molecular complexity index is 610. The minimum atomic E-state index is -0.517. The first-order valence-electron chi connectivity index (χ1n) is 4.86. The van der Waals surface area contributed by atoms with Crippen molar-refractivity contribution < 1.29 is 13.9 Å². The summed E-state index contributed by atoms with van der Waals surface area (Å²) in [5, 5.41) is 0. The average molecular weight is 305 g/mol. The van der Waals surface area contributed by atoms with Gasteiger partial charge in [-0.15, -0.1) is 11.3 Å². The molecule has 0 aliphatic carbocycles. The molecule has 0 spiro atoms. The standard InChI is InChI=1S/C12H7Cl2FO2S/c1-17-9-3-2-6(15)4-7(9)11(16)8-5-10(13)18-12(8)14/h2-5H,1H3. The summed E-state index contributed by atoms with van der Waals surface area (Å²) in [5.41, 5.74) is 0.365. The first kappa shape index (κ1) is 13.3. The topological polar surface area (TPSA) is 26.3 Å². The molecule has 0 atom stereocenters. The van der Waals surface area contributed by atoms with E-state index in [4.69, 9.17) is 27.9 Å². The Morgan fingerprint density at radius 1 is 1.28 bits per heavy atom. The molecule has 94 valence electrons. The quantitative estimate of drug-likeness (QED) is 0.784. The number of carbonyl (C=O) groups excluding carboxylic acids is 1. The van der Waals surface area contributed by atoms with Gasteiger partial charge in [0.2, 0.25) is 0 Å². The smallest absolute Gasteiger partial charge is 0.199 e. The van der Waals surface area contributed by atoms with Gasteiger partial charge in [0.25, 0.3) is 0 Å². The van der Waals surface area contributed by atoms with Crippen LogP contribution in [0, 0.1) is 5.82 Å². The van der Waals surface area contributed by atoms with Gasteiger partial charge in [0.15, 0.2) is 5.78 Å². The summed E-state index contributed by atoms with van der Waals surface area (Å²) in [7, 11) is 1.41. The van der Waals surface area contributed by atoms with Crippen molar-refractivity contribution in [3.8, 4) is 5.75 Å². The lowest BCUT2D eigenvalue weighted by Crippen LogP contribution is -2.04. The SMILES string of the molecule is COc1ccc(F)cc1C(=O)c1cc(Cl)sc1Cl. The zero-order valence-corrected chi connectivity index (χ0v) is 11.5. The lowest BCUT2D eigenvalue weighted by atomic mass is 10.0. The molecule has 1 aromatic heterocycles. The van der Waals surface area contributed by atoms with E-state index >= 15 is 0 Å². The van der Waals surface area contributed by atoms with Crippen LogP contribution in [0.25, 0.3) is 0 Å². The molecule has 2 aromatic rings. The maximum Gasteiger partial charge on any atom is 0.199 e. The maximum absolute atomic E-state index is 13.2. The predicted molar refractivity (Wildman–Crippen MR) is 70.7 cm³/mol. The fourth-order valence-corrected chi connectivity index (χ4v) is 2.96. The third-order valence-electron chi connectivity index (χ3n) is 2.31. The first-order valence-corrected chi connectivity index (χ1v) is 6.43. The van der Waals surface area contributed by atoms with Crippen molar-refractivity contribution in [3.05, 3.63) is 49.9 Å². The van der Waals surface area contributed by atoms with Crippen molar-refractivity contribution >= 4 is 40.3 Å². The number of methoxy groups -OCH3 is 1. The van der Waals surface area contributed by atoms with Crippen LogP contribution in [0.5, 0.6) is 5.75 Å². The fourth-order valence-electron chi connectivity index (χ4n) is 1.50. The van der Waals surface area contributed by atoms with E-state index in [1.807, 2.05) is 0 Å². The highest BCUT2D eigenvalue weighted by Crippen LogP contribution is 2.34. The fraction of sp³-hybridized carbons (Fsp3) is 0.0833. The number of hydrogen-bond acceptors (Lipinski definition) is 3. The van der Waals surface area contributed by atoms with Crippen LogP contribution in [-0.4, -0.2) is 12.9 Å². The summed E-state index contributed by atoms with van der Waals surface area (Å²) < 4.78 is 18.9. The highest BCUT2D eigenvalue weighted by Gasteiger charge is 2.20. The van der Waals surface area contributed by atoms with E-state index in [0.717, 1.165) is 17.4 Å². The number of thiophene rings is 1. The normalized spacial score (nSPS) is 10.4. The van der Waals surface area contributed by atoms with Gasteiger partial charge in [-0.2, -0.15) is 0 Å². The van der Waals surface area contributed by atoms with Gasteiger partial charge in [-0.25, -0.2) is 4.39 Å². The van der Waals surface area contributed by atoms with Crippen molar-refractivity contribution in [2.75, 3.05) is 7.11 Å². The van der Waals surface area contributed by atoms with Gasteiger partial charge >= 0.3 is 0 Å². The van der Waals surface area contributed by atoms with Crippen LogP contribution < -0.4 is 4.74 Å². The highest BCUT2D eigenvalue weighted by molar-refractivity contribution is 7.20. The average Bonchev–Trinajstić information content (AvgIpc) is 2.67. The number of benzene rings is 1. The van der Waals surface area contributed by atoms with Crippen LogP contribution in [0.4, 0.5) is 4.39 Å². The van der Waals surface area contributed by atoms with E-state index < -0.39 is 11.6 Å². The molecule has 0 radical (unpaired) electrons. The summed E-state index contributed by atoms with van der Waals surface area (Å²) in [6.07, 6.45) is 0. The molecule has 2 rings (SSSR count). The van der Waals surface area contributed by atoms with Crippen LogP contribution in [0.1, 0.15) is 15.9 Å². The Morgan fingerprint density at radius 3 is 2.56 bits per heavy atom. The predicted octanol–water partition coefficient (Wildman–Crippen LogP) is 4.43. The second-order valence-corrected chi connectivity index (χ2v) is 5.70. The third-order valence-corrected chi connectivity index (χ3v) is 3.80. The molecule has 2 nitrogen and oxygen atoms in total. The maximum atomic E-state index is 13.2. The van der Waals surface area contributed by atoms with Gasteiger partial charge in [0.1, 0.15) is 15.9 Å². The first-order chi connectivity index (χ1) is 8.52. The van der Waals surface area contributed by atoms with E-state index in [-0.39, 0.29) is 15.5 Å². The molecule has 0 unspecified atom stereocenters. The number of rotatable bonds is 3. The lowest BCUT2D eigenvalue weighted by molar-refractivity contribution is 0.103. The molecule has 0 bridgehead atoms. The Hall–Kier alpha value is -1.10. The van der Waals surface area contributed by atoms with Crippen molar-refractivity contribution in [1.82, 2.24) is 0 Å². The van der Waals surface area contributed by atoms with Gasteiger partial charge < -0.3 is 4.74 Å². The number of carbonyl (C=O) groups is 1. The van der Waals surface area contributed by atoms with Crippen molar-refractivity contribution in [2.24, 2.45) is 0 Å². The summed E-state index contributed by atoms with van der Waals surface area (Å²) in [4.78, 5) is 12.2. The second-order valence-electron chi connectivity index (χ2n) is 3.41. The zero-order chi connectivity index (χ0) is 13.3. The molecular formula is C12H7Cl2FO2S. The van der Waals surface area contributed by atoms with Crippen LogP contribution in [0.2, 0.25) is 8.67 Å². The van der Waals surface area contributed by atoms with E-state index in [1.54, 1.807) is 0 Å². The van der Waals surface area contributed by atoms with Gasteiger partial charge in [0, 0.05) is 0 Å². The van der Waals surface area contributed by atoms with Gasteiger partial charge in [0.05, 0.1) is 22.6 Å². The van der Waals surface area contributed by atoms with E-state index in [2.05, 4.69) is 0 Å². The summed E-state index contributed by atoms with van der Waals surface area (Å²) in [6, 6.07) is 5.19. The number of hydrogen-bond donors (Lipinski definition) is 0. The minimum absolute atomic E-state index is 0.119. The molecule has 6 heteroatoms. The molecule has 0 N–H and O–H groups in total. The van der Waals surface area contributed by atoms with Crippen LogP contribution in [0.15, 0.2) is 24.3 Å². The summed E-state index contributed by atoms with van der Waals surface area (Å²) in [5.74, 6) is -0.643. The van der Waals surface area contributed by atoms with Gasteiger partial charge in [-0.1, -0.05) is 23.2 Å². The van der Waals surface area contributed by atoms with Crippen molar-refractivity contribution in [3.63, 3.8) is 0 Å². The van der Waals surface area contributed by atoms with Crippen LogP contribution in [-0.2, 0) is 0 Å². The number of ketones is 1. The van der Waals surface area contributed by atoms with Gasteiger partial charge in [-0.05, 0) is 24.3 Å². The molecule has 1 heterocycles. The summed E-state index contributed by atoms with van der Waals surface area (Å²) in [6.45, 7) is 0. The van der Waals surface area contributed by atoms with Crippen molar-refractivity contribution in [2.45, 2.75) is 0 Å². The molecule has 1 aromatic carbocycles. The molecule has 0 aliphatic rings. The van der Waals surface area contributed by atoms with E-state index in [1.165, 1.54) is 25.3 Å². The minimum Gasteiger partial charge on any atom is -0.496 e. The molecule has 18 heavy (non-hydrogen) atoms. The lowest BCUT2D eigenvalue weighted by Gasteiger charge is -2.06. The number of ether oxygens (including phenoxy) is 1. The molecule has 0 fully saturated rings. The number of halogens is 3. The van der Waals surface area contributed by atoms with Crippen LogP contribution in [0.3, 0.4) is 0 Å². The van der Waals surface area contributed by atoms with Crippen LogP contribution >= 0.6 is 34.5 Å².